The van der Waals surface area contributed by atoms with E-state index in [1.807, 2.05) is 6.92 Å². The average Bonchev–Trinajstić information content (AvgIpc) is 2.79. The first-order valence-electron chi connectivity index (χ1n) is 10.1. The highest BCUT2D eigenvalue weighted by atomic mass is 16.5. The van der Waals surface area contributed by atoms with Gasteiger partial charge in [-0.3, -0.25) is 13.9 Å². The van der Waals surface area contributed by atoms with Gasteiger partial charge in [0, 0.05) is 19.8 Å². The summed E-state index contributed by atoms with van der Waals surface area (Å²) in [5, 5.41) is 3.05. The fourth-order valence-electron chi connectivity index (χ4n) is 3.84. The first kappa shape index (κ1) is 22.9. The minimum absolute atomic E-state index is 0.0209. The Kier molecular flexibility index (Phi) is 6.57. The van der Waals surface area contributed by atoms with Crippen LogP contribution >= 0.6 is 0 Å². The fraction of sp³-hybridized carbons (Fsp3) is 0.348. The molecule has 0 saturated carbocycles. The lowest BCUT2D eigenvalue weighted by Crippen LogP contribution is -2.43. The summed E-state index contributed by atoms with van der Waals surface area (Å²) < 4.78 is 18.8. The van der Waals surface area contributed by atoms with E-state index >= 15 is 0 Å². The normalized spacial score (nSPS) is 15.0. The predicted molar refractivity (Wildman–Crippen MR) is 120 cm³/mol. The molecule has 32 heavy (non-hydrogen) atoms. The number of carbonyl (C=O) groups is 1. The van der Waals surface area contributed by atoms with Crippen LogP contribution in [0.25, 0.3) is 0 Å². The molecule has 0 saturated heterocycles. The van der Waals surface area contributed by atoms with Crippen LogP contribution < -0.4 is 26.0 Å². The number of aromatic nitrogens is 2. The Morgan fingerprint density at radius 1 is 1.22 bits per heavy atom. The van der Waals surface area contributed by atoms with Gasteiger partial charge in [0.25, 0.3) is 5.56 Å². The van der Waals surface area contributed by atoms with E-state index < -0.39 is 23.1 Å². The van der Waals surface area contributed by atoms with Crippen LogP contribution in [0.1, 0.15) is 30.9 Å². The zero-order valence-corrected chi connectivity index (χ0v) is 18.9. The van der Waals surface area contributed by atoms with E-state index in [0.717, 1.165) is 4.57 Å². The number of hydrogen-bond acceptors (Lipinski definition) is 7. The van der Waals surface area contributed by atoms with Gasteiger partial charge in [0.2, 0.25) is 0 Å². The fourth-order valence-corrected chi connectivity index (χ4v) is 3.84. The number of anilines is 1. The minimum Gasteiger partial charge on any atom is -0.493 e. The standard InChI is InChI=1S/C23H27N3O6/c1-7-11-32-22(28)17-13(3)24-20-19(21(27)26(5)23(29)25(20)4)18(17)14-9-10-15(31-8-2)16(12-14)30-6/h7,9-10,12,18,24H,1,8,11H2,2-6H3/t18-/m0/s1. The minimum atomic E-state index is -0.793. The number of rotatable bonds is 7. The smallest absolute Gasteiger partial charge is 0.337 e. The Morgan fingerprint density at radius 3 is 2.56 bits per heavy atom. The number of carbonyl (C=O) groups excluding carboxylic acids is 1. The molecule has 3 rings (SSSR count). The average molecular weight is 441 g/mol. The molecular weight excluding hydrogens is 414 g/mol. The second-order valence-electron chi connectivity index (χ2n) is 7.30. The number of fused-ring (bicyclic) bond motifs is 1. The Bertz CT molecular complexity index is 1220. The number of methoxy groups -OCH3 is 1. The maximum Gasteiger partial charge on any atom is 0.337 e. The summed E-state index contributed by atoms with van der Waals surface area (Å²) in [4.78, 5) is 38.8. The van der Waals surface area contributed by atoms with Gasteiger partial charge < -0.3 is 19.5 Å². The molecule has 170 valence electrons. The number of hydrogen-bond donors (Lipinski definition) is 1. The summed E-state index contributed by atoms with van der Waals surface area (Å²) in [6.07, 6.45) is 1.47. The van der Waals surface area contributed by atoms with Crippen LogP contribution in [0.15, 0.2) is 51.7 Å². The number of nitrogens with zero attached hydrogens (tertiary/aromatic N) is 2. The van der Waals surface area contributed by atoms with Gasteiger partial charge in [-0.15, -0.1) is 0 Å². The van der Waals surface area contributed by atoms with E-state index in [1.54, 1.807) is 32.2 Å². The van der Waals surface area contributed by atoms with Crippen LogP contribution in [0.2, 0.25) is 0 Å². The van der Waals surface area contributed by atoms with Crippen molar-refractivity contribution >= 4 is 11.8 Å². The van der Waals surface area contributed by atoms with Gasteiger partial charge in [-0.05, 0) is 31.5 Å². The first-order chi connectivity index (χ1) is 15.3. The molecular formula is C23H27N3O6. The SMILES string of the molecule is C=CCOC(=O)C1=C(C)Nc2c(c(=O)n(C)c(=O)n2C)[C@H]1c1ccc(OCC)c(OC)c1. The highest BCUT2D eigenvalue weighted by molar-refractivity contribution is 5.94. The monoisotopic (exact) mass is 441 g/mol. The molecule has 9 heteroatoms. The van der Waals surface area contributed by atoms with Crippen molar-refractivity contribution < 1.29 is 19.0 Å². The zero-order valence-electron chi connectivity index (χ0n) is 18.9. The van der Waals surface area contributed by atoms with Crippen molar-refractivity contribution in [2.75, 3.05) is 25.6 Å². The summed E-state index contributed by atoms with van der Waals surface area (Å²) in [5.41, 5.74) is 0.643. The van der Waals surface area contributed by atoms with Gasteiger partial charge in [0.1, 0.15) is 12.4 Å². The number of allylic oxidation sites excluding steroid dienone is 1. The van der Waals surface area contributed by atoms with Gasteiger partial charge >= 0.3 is 11.7 Å². The number of ether oxygens (including phenoxy) is 3. The Labute approximate surface area is 185 Å². The largest absolute Gasteiger partial charge is 0.493 e. The summed E-state index contributed by atoms with van der Waals surface area (Å²) >= 11 is 0. The van der Waals surface area contributed by atoms with Crippen LogP contribution in [-0.2, 0) is 23.6 Å². The van der Waals surface area contributed by atoms with Gasteiger partial charge in [-0.1, -0.05) is 18.7 Å². The molecule has 2 heterocycles. The van der Waals surface area contributed by atoms with Gasteiger partial charge in [-0.2, -0.15) is 0 Å². The van der Waals surface area contributed by atoms with Crippen molar-refractivity contribution in [1.82, 2.24) is 9.13 Å². The summed E-state index contributed by atoms with van der Waals surface area (Å²) in [6.45, 7) is 7.61. The van der Waals surface area contributed by atoms with Gasteiger partial charge in [0.05, 0.1) is 30.8 Å². The molecule has 0 radical (unpaired) electrons. The number of esters is 1. The van der Waals surface area contributed by atoms with E-state index in [0.29, 0.717) is 35.2 Å². The van der Waals surface area contributed by atoms with Crippen LogP contribution in [0, 0.1) is 0 Å². The number of nitrogens with one attached hydrogen (secondary N) is 1. The van der Waals surface area contributed by atoms with E-state index in [2.05, 4.69) is 11.9 Å². The molecule has 9 nitrogen and oxygen atoms in total. The summed E-state index contributed by atoms with van der Waals surface area (Å²) in [5.74, 6) is -0.0537. The molecule has 1 aliphatic rings. The molecule has 2 aromatic rings. The molecule has 1 aromatic heterocycles. The molecule has 0 amide bonds. The third-order valence-corrected chi connectivity index (χ3v) is 5.36. The van der Waals surface area contributed by atoms with Crippen molar-refractivity contribution in [2.45, 2.75) is 19.8 Å². The lowest BCUT2D eigenvalue weighted by molar-refractivity contribution is -0.138. The molecule has 0 unspecified atom stereocenters. The maximum absolute atomic E-state index is 13.2. The van der Waals surface area contributed by atoms with Crippen molar-refractivity contribution in [3.05, 3.63) is 74.1 Å². The van der Waals surface area contributed by atoms with Crippen molar-refractivity contribution in [2.24, 2.45) is 14.1 Å². The van der Waals surface area contributed by atoms with E-state index in [9.17, 15) is 14.4 Å². The third-order valence-electron chi connectivity index (χ3n) is 5.36. The summed E-state index contributed by atoms with van der Waals surface area (Å²) in [6, 6.07) is 5.23. The molecule has 1 atom stereocenters. The lowest BCUT2D eigenvalue weighted by Gasteiger charge is -2.31. The molecule has 1 aliphatic heterocycles. The van der Waals surface area contributed by atoms with E-state index in [4.69, 9.17) is 14.2 Å². The van der Waals surface area contributed by atoms with Crippen molar-refractivity contribution in [1.29, 1.82) is 0 Å². The van der Waals surface area contributed by atoms with Crippen LogP contribution in [0.3, 0.4) is 0 Å². The quantitative estimate of drug-likeness (QED) is 0.518. The number of benzene rings is 1. The second kappa shape index (κ2) is 9.17. The van der Waals surface area contributed by atoms with Crippen molar-refractivity contribution in [3.63, 3.8) is 0 Å². The molecule has 0 bridgehead atoms. The van der Waals surface area contributed by atoms with Crippen LogP contribution in [0.5, 0.6) is 11.5 Å². The van der Waals surface area contributed by atoms with Crippen LogP contribution in [-0.4, -0.2) is 35.4 Å². The van der Waals surface area contributed by atoms with E-state index in [1.165, 1.54) is 24.8 Å². The molecule has 0 aliphatic carbocycles. The highest BCUT2D eigenvalue weighted by Gasteiger charge is 2.37. The lowest BCUT2D eigenvalue weighted by atomic mass is 9.82. The predicted octanol–water partition coefficient (Wildman–Crippen LogP) is 2.05. The Balaban J connectivity index is 2.33. The summed E-state index contributed by atoms with van der Waals surface area (Å²) in [7, 11) is 4.49. The molecule has 1 aromatic carbocycles. The molecule has 0 spiro atoms. The van der Waals surface area contributed by atoms with E-state index in [-0.39, 0.29) is 17.7 Å². The van der Waals surface area contributed by atoms with Gasteiger partial charge in [0.15, 0.2) is 11.5 Å². The maximum atomic E-state index is 13.2. The van der Waals surface area contributed by atoms with Crippen molar-refractivity contribution in [3.8, 4) is 11.5 Å². The van der Waals surface area contributed by atoms with Gasteiger partial charge in [-0.25, -0.2) is 9.59 Å². The first-order valence-corrected chi connectivity index (χ1v) is 10.1. The zero-order chi connectivity index (χ0) is 23.6. The topological polar surface area (TPSA) is 101 Å². The van der Waals surface area contributed by atoms with Crippen LogP contribution in [0.4, 0.5) is 5.82 Å². The Morgan fingerprint density at radius 2 is 1.94 bits per heavy atom. The third kappa shape index (κ3) is 3.81. The Hall–Kier alpha value is -3.75. The second-order valence-corrected chi connectivity index (χ2v) is 7.30. The highest BCUT2D eigenvalue weighted by Crippen LogP contribution is 2.42. The molecule has 0 fully saturated rings. The molecule has 1 N–H and O–H groups in total.